The molecule has 1 heterocycles. The Morgan fingerprint density at radius 1 is 1.33 bits per heavy atom. The molecule has 0 aliphatic carbocycles. The molecule has 0 unspecified atom stereocenters. The van der Waals surface area contributed by atoms with Gasteiger partial charge in [-0.2, -0.15) is 0 Å². The number of amides is 1. The minimum Gasteiger partial charge on any atom is -0.342 e. The van der Waals surface area contributed by atoms with Crippen molar-refractivity contribution < 1.29 is 4.79 Å². The maximum Gasteiger partial charge on any atom is 0.225 e. The van der Waals surface area contributed by atoms with Crippen LogP contribution in [0.25, 0.3) is 0 Å². The molecule has 0 saturated carbocycles. The standard InChI is InChI=1S/C10H19NO/c1-6(2)9-7(3)8(4)10(12)11(9)5/h6-9H,1-5H3/t7-,8-,9-/m1/s1. The van der Waals surface area contributed by atoms with Crippen molar-refractivity contribution in [3.63, 3.8) is 0 Å². The molecule has 1 aliphatic rings. The van der Waals surface area contributed by atoms with Crippen molar-refractivity contribution >= 4 is 5.91 Å². The third kappa shape index (κ3) is 1.23. The molecule has 70 valence electrons. The van der Waals surface area contributed by atoms with E-state index >= 15 is 0 Å². The Balaban J connectivity index is 2.83. The summed E-state index contributed by atoms with van der Waals surface area (Å²) in [5.74, 6) is 1.59. The third-order valence-electron chi connectivity index (χ3n) is 3.19. The van der Waals surface area contributed by atoms with Crippen molar-refractivity contribution in [2.75, 3.05) is 7.05 Å². The number of rotatable bonds is 1. The number of carbonyl (C=O) groups excluding carboxylic acids is 1. The average Bonchev–Trinajstić information content (AvgIpc) is 2.16. The zero-order valence-corrected chi connectivity index (χ0v) is 8.66. The molecule has 0 N–H and O–H groups in total. The first-order valence-electron chi connectivity index (χ1n) is 4.73. The number of nitrogens with zero attached hydrogens (tertiary/aromatic N) is 1. The quantitative estimate of drug-likeness (QED) is 0.585. The summed E-state index contributed by atoms with van der Waals surface area (Å²) < 4.78 is 0. The number of hydrogen-bond acceptors (Lipinski definition) is 1. The predicted molar refractivity (Wildman–Crippen MR) is 49.7 cm³/mol. The Labute approximate surface area is 74.9 Å². The van der Waals surface area contributed by atoms with Crippen LogP contribution in [-0.2, 0) is 4.79 Å². The minimum atomic E-state index is 0.211. The fraction of sp³-hybridized carbons (Fsp3) is 0.900. The van der Waals surface area contributed by atoms with Gasteiger partial charge in [0, 0.05) is 19.0 Å². The fourth-order valence-corrected chi connectivity index (χ4v) is 2.40. The number of carbonyl (C=O) groups is 1. The molecule has 0 aromatic rings. The van der Waals surface area contributed by atoms with Crippen LogP contribution in [-0.4, -0.2) is 23.9 Å². The van der Waals surface area contributed by atoms with Crippen LogP contribution >= 0.6 is 0 Å². The second kappa shape index (κ2) is 3.08. The lowest BCUT2D eigenvalue weighted by molar-refractivity contribution is -0.130. The molecule has 2 heteroatoms. The van der Waals surface area contributed by atoms with Crippen molar-refractivity contribution in [1.82, 2.24) is 4.90 Å². The molecule has 0 aromatic heterocycles. The van der Waals surface area contributed by atoms with Crippen molar-refractivity contribution in [3.8, 4) is 0 Å². The van der Waals surface area contributed by atoms with Gasteiger partial charge >= 0.3 is 0 Å². The Hall–Kier alpha value is -0.530. The van der Waals surface area contributed by atoms with Gasteiger partial charge < -0.3 is 4.90 Å². The molecule has 1 rings (SSSR count). The van der Waals surface area contributed by atoms with Gasteiger partial charge in [-0.3, -0.25) is 4.79 Å². The summed E-state index contributed by atoms with van der Waals surface area (Å²) in [7, 11) is 1.92. The largest absolute Gasteiger partial charge is 0.342 e. The van der Waals surface area contributed by atoms with Gasteiger partial charge in [-0.15, -0.1) is 0 Å². The van der Waals surface area contributed by atoms with Gasteiger partial charge in [0.15, 0.2) is 0 Å². The van der Waals surface area contributed by atoms with E-state index in [1.54, 1.807) is 0 Å². The van der Waals surface area contributed by atoms with E-state index in [1.807, 2.05) is 18.9 Å². The summed E-state index contributed by atoms with van der Waals surface area (Å²) in [5.41, 5.74) is 0. The maximum absolute atomic E-state index is 11.6. The van der Waals surface area contributed by atoms with Gasteiger partial charge in [-0.05, 0) is 11.8 Å². The molecule has 2 nitrogen and oxygen atoms in total. The van der Waals surface area contributed by atoms with Gasteiger partial charge in [-0.1, -0.05) is 27.7 Å². The van der Waals surface area contributed by atoms with Crippen molar-refractivity contribution in [3.05, 3.63) is 0 Å². The lowest BCUT2D eigenvalue weighted by Gasteiger charge is -2.26. The minimum absolute atomic E-state index is 0.211. The average molecular weight is 169 g/mol. The van der Waals surface area contributed by atoms with E-state index in [2.05, 4.69) is 20.8 Å². The highest BCUT2D eigenvalue weighted by molar-refractivity contribution is 5.81. The van der Waals surface area contributed by atoms with E-state index in [-0.39, 0.29) is 5.92 Å². The first-order chi connectivity index (χ1) is 5.46. The van der Waals surface area contributed by atoms with E-state index in [1.165, 1.54) is 0 Å². The fourth-order valence-electron chi connectivity index (χ4n) is 2.40. The lowest BCUT2D eigenvalue weighted by Crippen LogP contribution is -2.35. The first kappa shape index (κ1) is 9.56. The summed E-state index contributed by atoms with van der Waals surface area (Å²) in [5, 5.41) is 0. The molecule has 1 fully saturated rings. The van der Waals surface area contributed by atoms with Crippen molar-refractivity contribution in [1.29, 1.82) is 0 Å². The second-order valence-electron chi connectivity index (χ2n) is 4.33. The normalized spacial score (nSPS) is 36.7. The Kier molecular flexibility index (Phi) is 2.45. The van der Waals surface area contributed by atoms with E-state index in [0.717, 1.165) is 0 Å². The van der Waals surface area contributed by atoms with Crippen molar-refractivity contribution in [2.24, 2.45) is 17.8 Å². The molecular weight excluding hydrogens is 150 g/mol. The van der Waals surface area contributed by atoms with Crippen LogP contribution in [0.3, 0.4) is 0 Å². The zero-order chi connectivity index (χ0) is 9.46. The molecule has 0 aromatic carbocycles. The number of hydrogen-bond donors (Lipinski definition) is 0. The molecule has 0 radical (unpaired) electrons. The summed E-state index contributed by atoms with van der Waals surface area (Å²) in [6.45, 7) is 8.58. The maximum atomic E-state index is 11.6. The van der Waals surface area contributed by atoms with Crippen LogP contribution in [0.5, 0.6) is 0 Å². The predicted octanol–water partition coefficient (Wildman–Crippen LogP) is 1.76. The monoisotopic (exact) mass is 169 g/mol. The van der Waals surface area contributed by atoms with Crippen LogP contribution in [0, 0.1) is 17.8 Å². The van der Waals surface area contributed by atoms with Crippen LogP contribution < -0.4 is 0 Å². The molecule has 0 bridgehead atoms. The van der Waals surface area contributed by atoms with E-state index in [4.69, 9.17) is 0 Å². The Morgan fingerprint density at radius 3 is 2.00 bits per heavy atom. The van der Waals surface area contributed by atoms with E-state index < -0.39 is 0 Å². The van der Waals surface area contributed by atoms with Crippen LogP contribution in [0.15, 0.2) is 0 Å². The van der Waals surface area contributed by atoms with Gasteiger partial charge in [0.1, 0.15) is 0 Å². The van der Waals surface area contributed by atoms with Gasteiger partial charge in [-0.25, -0.2) is 0 Å². The molecule has 0 spiro atoms. The SMILES string of the molecule is CC(C)[C@@H]1[C@H](C)[C@@H](C)C(=O)N1C. The second-order valence-corrected chi connectivity index (χ2v) is 4.33. The number of likely N-dealkylation sites (tertiary alicyclic amines) is 1. The zero-order valence-electron chi connectivity index (χ0n) is 8.66. The van der Waals surface area contributed by atoms with Crippen LogP contribution in [0.1, 0.15) is 27.7 Å². The lowest BCUT2D eigenvalue weighted by atomic mass is 9.88. The van der Waals surface area contributed by atoms with Crippen LogP contribution in [0.2, 0.25) is 0 Å². The highest BCUT2D eigenvalue weighted by Crippen LogP contribution is 2.33. The highest BCUT2D eigenvalue weighted by Gasteiger charge is 2.41. The highest BCUT2D eigenvalue weighted by atomic mass is 16.2. The molecular formula is C10H19NO. The Morgan fingerprint density at radius 2 is 1.83 bits per heavy atom. The van der Waals surface area contributed by atoms with E-state index in [0.29, 0.717) is 23.8 Å². The van der Waals surface area contributed by atoms with Crippen molar-refractivity contribution in [2.45, 2.75) is 33.7 Å². The van der Waals surface area contributed by atoms with Gasteiger partial charge in [0.25, 0.3) is 0 Å². The molecule has 12 heavy (non-hydrogen) atoms. The smallest absolute Gasteiger partial charge is 0.225 e. The third-order valence-corrected chi connectivity index (χ3v) is 3.19. The molecule has 3 atom stereocenters. The van der Waals surface area contributed by atoms with Crippen LogP contribution in [0.4, 0.5) is 0 Å². The molecule has 1 amide bonds. The topological polar surface area (TPSA) is 20.3 Å². The first-order valence-corrected chi connectivity index (χ1v) is 4.73. The van der Waals surface area contributed by atoms with Gasteiger partial charge in [0.05, 0.1) is 0 Å². The van der Waals surface area contributed by atoms with E-state index in [9.17, 15) is 4.79 Å². The summed E-state index contributed by atoms with van der Waals surface area (Å²) in [4.78, 5) is 13.5. The van der Waals surface area contributed by atoms with Gasteiger partial charge in [0.2, 0.25) is 5.91 Å². The Bertz CT molecular complexity index is 188. The summed E-state index contributed by atoms with van der Waals surface area (Å²) in [6.07, 6.45) is 0. The molecule has 1 saturated heterocycles. The molecule has 1 aliphatic heterocycles. The summed E-state index contributed by atoms with van der Waals surface area (Å²) >= 11 is 0. The summed E-state index contributed by atoms with van der Waals surface area (Å²) in [6, 6.07) is 0.437.